The number of nitrogens with zero attached hydrogens (tertiary/aromatic N) is 1. The Labute approximate surface area is 111 Å². The lowest BCUT2D eigenvalue weighted by Crippen LogP contribution is -2.43. The van der Waals surface area contributed by atoms with Gasteiger partial charge in [-0.1, -0.05) is 18.5 Å². The molecule has 6 heteroatoms. The average Bonchev–Trinajstić information content (AvgIpc) is 2.35. The van der Waals surface area contributed by atoms with Crippen molar-refractivity contribution in [3.05, 3.63) is 28.5 Å². The molecular formula is C12H17ClN2O3. The van der Waals surface area contributed by atoms with Gasteiger partial charge in [0.05, 0.1) is 6.61 Å². The van der Waals surface area contributed by atoms with Crippen LogP contribution in [0.3, 0.4) is 0 Å². The number of rotatable bonds is 5. The first kappa shape index (κ1) is 14.9. The van der Waals surface area contributed by atoms with E-state index in [0.717, 1.165) is 5.69 Å². The molecule has 0 aliphatic rings. The van der Waals surface area contributed by atoms with Gasteiger partial charge in [0.2, 0.25) is 0 Å². The number of amides is 1. The topological polar surface area (TPSA) is 82.5 Å². The molecule has 0 aromatic carbocycles. The Morgan fingerprint density at radius 2 is 2.22 bits per heavy atom. The number of nitrogens with one attached hydrogen (secondary N) is 1. The summed E-state index contributed by atoms with van der Waals surface area (Å²) in [7, 11) is 0. The third-order valence-electron chi connectivity index (χ3n) is 2.44. The van der Waals surface area contributed by atoms with Crippen LogP contribution in [0.4, 0.5) is 0 Å². The van der Waals surface area contributed by atoms with Crippen molar-refractivity contribution in [3.63, 3.8) is 0 Å². The van der Waals surface area contributed by atoms with Crippen LogP contribution in [0.1, 0.15) is 29.9 Å². The molecule has 5 nitrogen and oxygen atoms in total. The Kier molecular flexibility index (Phi) is 5.07. The summed E-state index contributed by atoms with van der Waals surface area (Å²) in [4.78, 5) is 15.9. The van der Waals surface area contributed by atoms with Gasteiger partial charge in [-0.05, 0) is 25.5 Å². The fourth-order valence-electron chi connectivity index (χ4n) is 1.29. The van der Waals surface area contributed by atoms with Crippen LogP contribution >= 0.6 is 11.6 Å². The molecule has 18 heavy (non-hydrogen) atoms. The highest BCUT2D eigenvalue weighted by molar-refractivity contribution is 6.29. The van der Waals surface area contributed by atoms with E-state index in [-0.39, 0.29) is 17.6 Å². The second-order valence-corrected chi connectivity index (χ2v) is 4.75. The summed E-state index contributed by atoms with van der Waals surface area (Å²) in [5.74, 6) is -0.359. The van der Waals surface area contributed by atoms with E-state index in [1.165, 1.54) is 13.0 Å². The predicted octanol–water partition coefficient (Wildman–Crippen LogP) is 0.770. The van der Waals surface area contributed by atoms with Crippen LogP contribution in [-0.4, -0.2) is 39.9 Å². The molecule has 1 amide bonds. The van der Waals surface area contributed by atoms with Crippen molar-refractivity contribution < 1.29 is 15.0 Å². The number of carbonyl (C=O) groups excluding carboxylic acids is 1. The van der Waals surface area contributed by atoms with Crippen molar-refractivity contribution in [2.45, 2.75) is 25.9 Å². The summed E-state index contributed by atoms with van der Waals surface area (Å²) in [5, 5.41) is 21.2. The van der Waals surface area contributed by atoms with Crippen molar-refractivity contribution in [3.8, 4) is 0 Å². The predicted molar refractivity (Wildman–Crippen MR) is 68.7 cm³/mol. The molecule has 0 spiro atoms. The standard InChI is InChI=1S/C12H17ClN2O3/c1-3-9-4-8(5-10(13)15-9)11(17)14-6-12(2,18)7-16/h4-5,16,18H,3,6-7H2,1-2H3,(H,14,17). The van der Waals surface area contributed by atoms with E-state index < -0.39 is 12.2 Å². The summed E-state index contributed by atoms with van der Waals surface area (Å²) >= 11 is 5.81. The Balaban J connectivity index is 2.75. The quantitative estimate of drug-likeness (QED) is 0.692. The molecule has 0 bridgehead atoms. The Hall–Kier alpha value is -1.17. The second kappa shape index (κ2) is 6.13. The number of hydrogen-bond donors (Lipinski definition) is 3. The van der Waals surface area contributed by atoms with E-state index in [9.17, 15) is 9.90 Å². The first-order valence-corrected chi connectivity index (χ1v) is 6.03. The van der Waals surface area contributed by atoms with Crippen molar-refractivity contribution in [2.75, 3.05) is 13.2 Å². The minimum Gasteiger partial charge on any atom is -0.393 e. The molecule has 0 saturated carbocycles. The fraction of sp³-hybridized carbons (Fsp3) is 0.500. The van der Waals surface area contributed by atoms with Crippen LogP contribution < -0.4 is 5.32 Å². The summed E-state index contributed by atoms with van der Waals surface area (Å²) in [6.45, 7) is 2.88. The lowest BCUT2D eigenvalue weighted by Gasteiger charge is -2.20. The van der Waals surface area contributed by atoms with Crippen LogP contribution in [-0.2, 0) is 6.42 Å². The Bertz CT molecular complexity index is 435. The molecule has 3 N–H and O–H groups in total. The third kappa shape index (κ3) is 4.25. The van der Waals surface area contributed by atoms with Gasteiger partial charge in [-0.2, -0.15) is 0 Å². The van der Waals surface area contributed by atoms with Gasteiger partial charge < -0.3 is 15.5 Å². The number of aliphatic hydroxyl groups is 2. The molecule has 1 heterocycles. The molecule has 1 rings (SSSR count). The van der Waals surface area contributed by atoms with Gasteiger partial charge in [-0.15, -0.1) is 0 Å². The van der Waals surface area contributed by atoms with Gasteiger partial charge in [0, 0.05) is 17.8 Å². The first-order chi connectivity index (χ1) is 8.38. The zero-order valence-corrected chi connectivity index (χ0v) is 11.2. The molecule has 0 aliphatic heterocycles. The van der Waals surface area contributed by atoms with Gasteiger partial charge in [0.15, 0.2) is 0 Å². The van der Waals surface area contributed by atoms with E-state index in [1.54, 1.807) is 6.07 Å². The molecule has 0 aliphatic carbocycles. The maximum atomic E-state index is 11.8. The first-order valence-electron chi connectivity index (χ1n) is 5.66. The maximum absolute atomic E-state index is 11.8. The summed E-state index contributed by atoms with van der Waals surface area (Å²) in [5.41, 5.74) is -0.220. The lowest BCUT2D eigenvalue weighted by molar-refractivity contribution is 0.00320. The van der Waals surface area contributed by atoms with E-state index in [0.29, 0.717) is 12.0 Å². The molecule has 0 saturated heterocycles. The van der Waals surface area contributed by atoms with E-state index in [1.807, 2.05) is 6.92 Å². The minimum absolute atomic E-state index is 0.0380. The van der Waals surface area contributed by atoms with Gasteiger partial charge in [-0.3, -0.25) is 4.79 Å². The number of halogens is 1. The highest BCUT2D eigenvalue weighted by atomic mass is 35.5. The largest absolute Gasteiger partial charge is 0.393 e. The summed E-state index contributed by atoms with van der Waals surface area (Å²) in [6, 6.07) is 3.11. The van der Waals surface area contributed by atoms with Gasteiger partial charge in [0.1, 0.15) is 10.8 Å². The van der Waals surface area contributed by atoms with Crippen LogP contribution in [0, 0.1) is 0 Å². The zero-order chi connectivity index (χ0) is 13.8. The third-order valence-corrected chi connectivity index (χ3v) is 2.64. The smallest absolute Gasteiger partial charge is 0.251 e. The Morgan fingerprint density at radius 1 is 1.56 bits per heavy atom. The average molecular weight is 273 g/mol. The zero-order valence-electron chi connectivity index (χ0n) is 10.4. The second-order valence-electron chi connectivity index (χ2n) is 4.36. The number of hydrogen-bond acceptors (Lipinski definition) is 4. The van der Waals surface area contributed by atoms with Crippen LogP contribution in [0.15, 0.2) is 12.1 Å². The molecule has 1 atom stereocenters. The van der Waals surface area contributed by atoms with Crippen LogP contribution in [0.5, 0.6) is 0 Å². The SMILES string of the molecule is CCc1cc(C(=O)NCC(C)(O)CO)cc(Cl)n1. The number of pyridine rings is 1. The molecule has 0 radical (unpaired) electrons. The van der Waals surface area contributed by atoms with E-state index >= 15 is 0 Å². The minimum atomic E-state index is -1.33. The van der Waals surface area contributed by atoms with Gasteiger partial charge in [-0.25, -0.2) is 4.98 Å². The van der Waals surface area contributed by atoms with Crippen LogP contribution in [0.2, 0.25) is 5.15 Å². The highest BCUT2D eigenvalue weighted by Gasteiger charge is 2.20. The van der Waals surface area contributed by atoms with Gasteiger partial charge >= 0.3 is 0 Å². The number of carbonyl (C=O) groups is 1. The highest BCUT2D eigenvalue weighted by Crippen LogP contribution is 2.11. The van der Waals surface area contributed by atoms with Gasteiger partial charge in [0.25, 0.3) is 5.91 Å². The van der Waals surface area contributed by atoms with E-state index in [4.69, 9.17) is 16.7 Å². The van der Waals surface area contributed by atoms with Crippen LogP contribution in [0.25, 0.3) is 0 Å². The Morgan fingerprint density at radius 3 is 2.78 bits per heavy atom. The van der Waals surface area contributed by atoms with Crippen molar-refractivity contribution in [2.24, 2.45) is 0 Å². The lowest BCUT2D eigenvalue weighted by atomic mass is 10.1. The molecule has 1 aromatic heterocycles. The number of aryl methyl sites for hydroxylation is 1. The van der Waals surface area contributed by atoms with Crippen molar-refractivity contribution in [1.82, 2.24) is 10.3 Å². The molecular weight excluding hydrogens is 256 g/mol. The normalized spacial score (nSPS) is 14.1. The number of aromatic nitrogens is 1. The fourth-order valence-corrected chi connectivity index (χ4v) is 1.52. The van der Waals surface area contributed by atoms with E-state index in [2.05, 4.69) is 10.3 Å². The number of aliphatic hydroxyl groups excluding tert-OH is 1. The molecule has 0 fully saturated rings. The van der Waals surface area contributed by atoms with Crippen molar-refractivity contribution in [1.29, 1.82) is 0 Å². The molecule has 1 unspecified atom stereocenters. The molecule has 100 valence electrons. The maximum Gasteiger partial charge on any atom is 0.251 e. The molecule has 1 aromatic rings. The van der Waals surface area contributed by atoms with Crippen molar-refractivity contribution >= 4 is 17.5 Å². The summed E-state index contributed by atoms with van der Waals surface area (Å²) in [6.07, 6.45) is 0.676. The monoisotopic (exact) mass is 272 g/mol. The summed E-state index contributed by atoms with van der Waals surface area (Å²) < 4.78 is 0.